The quantitative estimate of drug-likeness (QED) is 0.535. The van der Waals surface area contributed by atoms with Gasteiger partial charge in [-0.2, -0.15) is 0 Å². The average molecular weight is 365 g/mol. The van der Waals surface area contributed by atoms with Crippen LogP contribution < -0.4 is 5.73 Å². The van der Waals surface area contributed by atoms with Gasteiger partial charge < -0.3 is 15.4 Å². The molecule has 0 aliphatic rings. The van der Waals surface area contributed by atoms with Crippen molar-refractivity contribution in [2.24, 2.45) is 0 Å². The molecule has 4 rings (SSSR count). The Morgan fingerprint density at radius 3 is 2.73 bits per heavy atom. The van der Waals surface area contributed by atoms with Crippen LogP contribution in [0.2, 0.25) is 5.02 Å². The first kappa shape index (κ1) is 16.1. The van der Waals surface area contributed by atoms with Gasteiger partial charge in [-0.3, -0.25) is 0 Å². The average Bonchev–Trinajstić information content (AvgIpc) is 3.15. The number of fused-ring (bicyclic) bond motifs is 1. The summed E-state index contributed by atoms with van der Waals surface area (Å²) in [6.45, 7) is 0. The van der Waals surface area contributed by atoms with Crippen molar-refractivity contribution in [2.45, 2.75) is 0 Å². The van der Waals surface area contributed by atoms with Crippen LogP contribution in [0.3, 0.4) is 0 Å². The Labute approximate surface area is 153 Å². The number of nitrogens with zero attached hydrogens (tertiary/aromatic N) is 3. The van der Waals surface area contributed by atoms with Crippen LogP contribution >= 0.6 is 11.6 Å². The van der Waals surface area contributed by atoms with E-state index in [-0.39, 0.29) is 11.3 Å². The molecule has 3 N–H and O–H groups in total. The second kappa shape index (κ2) is 6.16. The van der Waals surface area contributed by atoms with E-state index in [0.717, 1.165) is 11.1 Å². The molecular formula is C19H13ClN4O2. The van der Waals surface area contributed by atoms with Crippen molar-refractivity contribution in [3.63, 3.8) is 0 Å². The number of aromatic nitrogens is 3. The molecule has 26 heavy (non-hydrogen) atoms. The van der Waals surface area contributed by atoms with Crippen molar-refractivity contribution < 1.29 is 9.90 Å². The summed E-state index contributed by atoms with van der Waals surface area (Å²) in [5.74, 6) is -1.08. The van der Waals surface area contributed by atoms with E-state index in [2.05, 4.69) is 9.97 Å². The maximum atomic E-state index is 11.4. The maximum absolute atomic E-state index is 11.4. The molecule has 0 unspecified atom stereocenters. The fourth-order valence-corrected chi connectivity index (χ4v) is 3.01. The summed E-state index contributed by atoms with van der Waals surface area (Å²) in [6.07, 6.45) is 5.21. The van der Waals surface area contributed by atoms with E-state index in [4.69, 9.17) is 17.3 Å². The monoisotopic (exact) mass is 364 g/mol. The van der Waals surface area contributed by atoms with E-state index in [9.17, 15) is 9.90 Å². The number of anilines is 1. The van der Waals surface area contributed by atoms with Gasteiger partial charge in [0.15, 0.2) is 0 Å². The predicted molar refractivity (Wildman–Crippen MR) is 101 cm³/mol. The summed E-state index contributed by atoms with van der Waals surface area (Å²) in [5.41, 5.74) is 8.84. The molecule has 6 nitrogen and oxygen atoms in total. The normalized spacial score (nSPS) is 11.0. The lowest BCUT2D eigenvalue weighted by molar-refractivity contribution is 0.0698. The Balaban J connectivity index is 1.99. The van der Waals surface area contributed by atoms with Crippen LogP contribution in [0.5, 0.6) is 0 Å². The Kier molecular flexibility index (Phi) is 3.82. The van der Waals surface area contributed by atoms with E-state index in [1.807, 2.05) is 22.9 Å². The summed E-state index contributed by atoms with van der Waals surface area (Å²) in [6, 6.07) is 12.2. The van der Waals surface area contributed by atoms with E-state index in [1.54, 1.807) is 36.8 Å². The van der Waals surface area contributed by atoms with Crippen molar-refractivity contribution in [1.29, 1.82) is 0 Å². The number of hydrogen-bond donors (Lipinski definition) is 2. The summed E-state index contributed by atoms with van der Waals surface area (Å²) in [4.78, 5) is 20.1. The first-order chi connectivity index (χ1) is 12.5. The molecule has 2 heterocycles. The predicted octanol–water partition coefficient (Wildman–Crippen LogP) is 4.02. The molecule has 0 radical (unpaired) electrons. The van der Waals surface area contributed by atoms with E-state index < -0.39 is 5.97 Å². The third kappa shape index (κ3) is 2.76. The van der Waals surface area contributed by atoms with Gasteiger partial charge in [0.1, 0.15) is 0 Å². The Morgan fingerprint density at radius 1 is 1.15 bits per heavy atom. The summed E-state index contributed by atoms with van der Waals surface area (Å²) in [5, 5.41) is 10.8. The van der Waals surface area contributed by atoms with Gasteiger partial charge in [0.25, 0.3) is 0 Å². The highest BCUT2D eigenvalue weighted by Gasteiger charge is 2.13. The second-order valence-corrected chi connectivity index (χ2v) is 6.20. The highest BCUT2D eigenvalue weighted by Crippen LogP contribution is 2.30. The lowest BCUT2D eigenvalue weighted by atomic mass is 10.0. The molecule has 4 aromatic rings. The number of carboxylic acid groups (broad SMARTS) is 1. The van der Waals surface area contributed by atoms with Crippen molar-refractivity contribution >= 4 is 34.2 Å². The first-order valence-corrected chi connectivity index (χ1v) is 8.12. The lowest BCUT2D eigenvalue weighted by Crippen LogP contribution is -2.03. The van der Waals surface area contributed by atoms with Gasteiger partial charge in [-0.1, -0.05) is 17.7 Å². The lowest BCUT2D eigenvalue weighted by Gasteiger charge is -2.12. The zero-order chi connectivity index (χ0) is 18.3. The molecule has 0 bridgehead atoms. The molecule has 2 aromatic carbocycles. The van der Waals surface area contributed by atoms with Crippen LogP contribution in [0.4, 0.5) is 5.69 Å². The summed E-state index contributed by atoms with van der Waals surface area (Å²) < 4.78 is 1.87. The molecule has 7 heteroatoms. The van der Waals surface area contributed by atoms with Gasteiger partial charge in [0.05, 0.1) is 28.8 Å². The minimum atomic E-state index is -1.08. The maximum Gasteiger partial charge on any atom is 0.337 e. The largest absolute Gasteiger partial charge is 0.478 e. The SMILES string of the molecule is Nc1ccc(-c2cc(-n3ccnc3)c3ccc(Cl)cc3n2)cc1C(=O)O. The van der Waals surface area contributed by atoms with Crippen LogP contribution in [0.15, 0.2) is 61.2 Å². The zero-order valence-electron chi connectivity index (χ0n) is 13.4. The standard InChI is InChI=1S/C19H13ClN4O2/c20-12-2-3-13-17(8-12)23-16(9-18(13)24-6-5-22-10-24)11-1-4-15(21)14(7-11)19(25)26/h1-10H,21H2,(H,25,26). The van der Waals surface area contributed by atoms with Gasteiger partial charge in [-0.05, 0) is 36.4 Å². The van der Waals surface area contributed by atoms with E-state index in [0.29, 0.717) is 21.8 Å². The van der Waals surface area contributed by atoms with Crippen molar-refractivity contribution in [2.75, 3.05) is 5.73 Å². The third-order valence-corrected chi connectivity index (χ3v) is 4.35. The van der Waals surface area contributed by atoms with Gasteiger partial charge in [-0.15, -0.1) is 0 Å². The minimum absolute atomic E-state index is 0.0414. The van der Waals surface area contributed by atoms with Gasteiger partial charge in [0, 0.05) is 34.1 Å². The number of benzene rings is 2. The van der Waals surface area contributed by atoms with Crippen molar-refractivity contribution in [3.8, 4) is 16.9 Å². The fraction of sp³-hybridized carbons (Fsp3) is 0. The smallest absolute Gasteiger partial charge is 0.337 e. The molecule has 0 amide bonds. The topological polar surface area (TPSA) is 94.0 Å². The fourth-order valence-electron chi connectivity index (χ4n) is 2.85. The van der Waals surface area contributed by atoms with Gasteiger partial charge in [-0.25, -0.2) is 14.8 Å². The molecule has 0 aliphatic heterocycles. The number of aromatic carboxylic acids is 1. The molecule has 0 saturated carbocycles. The third-order valence-electron chi connectivity index (χ3n) is 4.11. The minimum Gasteiger partial charge on any atom is -0.478 e. The Morgan fingerprint density at radius 2 is 2.00 bits per heavy atom. The highest BCUT2D eigenvalue weighted by atomic mass is 35.5. The Bertz CT molecular complexity index is 1140. The van der Waals surface area contributed by atoms with Gasteiger partial charge in [0.2, 0.25) is 0 Å². The molecule has 0 aliphatic carbocycles. The van der Waals surface area contributed by atoms with Crippen LogP contribution in [-0.2, 0) is 0 Å². The number of hydrogen-bond acceptors (Lipinski definition) is 4. The number of nitrogens with two attached hydrogens (primary N) is 1. The zero-order valence-corrected chi connectivity index (χ0v) is 14.2. The number of halogens is 1. The molecular weight excluding hydrogens is 352 g/mol. The Hall–Kier alpha value is -3.38. The number of imidazole rings is 1. The second-order valence-electron chi connectivity index (χ2n) is 5.77. The van der Waals surface area contributed by atoms with Crippen LogP contribution in [-0.4, -0.2) is 25.6 Å². The number of nitrogen functional groups attached to an aromatic ring is 1. The van der Waals surface area contributed by atoms with Crippen molar-refractivity contribution in [3.05, 3.63) is 71.8 Å². The number of carbonyl (C=O) groups is 1. The highest BCUT2D eigenvalue weighted by molar-refractivity contribution is 6.31. The van der Waals surface area contributed by atoms with E-state index >= 15 is 0 Å². The van der Waals surface area contributed by atoms with Crippen molar-refractivity contribution in [1.82, 2.24) is 14.5 Å². The van der Waals surface area contributed by atoms with E-state index in [1.165, 1.54) is 6.07 Å². The molecule has 2 aromatic heterocycles. The van der Waals surface area contributed by atoms with Gasteiger partial charge >= 0.3 is 5.97 Å². The summed E-state index contributed by atoms with van der Waals surface area (Å²) in [7, 11) is 0. The molecule has 128 valence electrons. The molecule has 0 saturated heterocycles. The number of rotatable bonds is 3. The number of carboxylic acids is 1. The molecule has 0 spiro atoms. The summed E-state index contributed by atoms with van der Waals surface area (Å²) >= 11 is 6.13. The van der Waals surface area contributed by atoms with Crippen LogP contribution in [0.25, 0.3) is 27.8 Å². The number of pyridine rings is 1. The molecule has 0 fully saturated rings. The van der Waals surface area contributed by atoms with Crippen LogP contribution in [0, 0.1) is 0 Å². The first-order valence-electron chi connectivity index (χ1n) is 7.75. The molecule has 0 atom stereocenters. The van der Waals surface area contributed by atoms with Crippen LogP contribution in [0.1, 0.15) is 10.4 Å².